The molecule has 1 rings (SSSR count). The number of hydrogen-bond donors (Lipinski definition) is 2. The maximum atomic E-state index is 12.4. The van der Waals surface area contributed by atoms with Gasteiger partial charge in [0.15, 0.2) is 0 Å². The molecule has 1 heterocycles. The summed E-state index contributed by atoms with van der Waals surface area (Å²) in [6.07, 6.45) is 5.71. The van der Waals surface area contributed by atoms with Crippen molar-refractivity contribution < 1.29 is 9.53 Å². The Morgan fingerprint density at radius 3 is 2.30 bits per heavy atom. The highest BCUT2D eigenvalue weighted by Gasteiger charge is 2.37. The summed E-state index contributed by atoms with van der Waals surface area (Å²) in [5.74, 6) is 0.111. The number of carbonyl (C=O) groups is 1. The quantitative estimate of drug-likeness (QED) is 0.753. The van der Waals surface area contributed by atoms with Gasteiger partial charge in [-0.15, -0.1) is 12.4 Å². The van der Waals surface area contributed by atoms with Crippen LogP contribution < -0.4 is 11.1 Å². The van der Waals surface area contributed by atoms with Crippen molar-refractivity contribution in [2.75, 3.05) is 32.6 Å². The Labute approximate surface area is 133 Å². The lowest BCUT2D eigenvalue weighted by Gasteiger charge is -2.37. The molecule has 0 radical (unpaired) electrons. The number of thioether (sulfide) groups is 1. The van der Waals surface area contributed by atoms with Crippen LogP contribution in [0.1, 0.15) is 39.5 Å². The molecule has 0 aromatic rings. The van der Waals surface area contributed by atoms with Crippen molar-refractivity contribution in [3.8, 4) is 0 Å². The van der Waals surface area contributed by atoms with E-state index in [9.17, 15) is 4.79 Å². The average molecular weight is 325 g/mol. The van der Waals surface area contributed by atoms with Crippen LogP contribution in [-0.4, -0.2) is 43.2 Å². The summed E-state index contributed by atoms with van der Waals surface area (Å²) in [7, 11) is 0. The second kappa shape index (κ2) is 9.13. The Balaban J connectivity index is 0.00000361. The monoisotopic (exact) mass is 324 g/mol. The fourth-order valence-electron chi connectivity index (χ4n) is 2.58. The number of hydrogen-bond acceptors (Lipinski definition) is 4. The summed E-state index contributed by atoms with van der Waals surface area (Å²) in [6.45, 7) is 6.80. The van der Waals surface area contributed by atoms with Gasteiger partial charge in [0.1, 0.15) is 0 Å². The van der Waals surface area contributed by atoms with Crippen molar-refractivity contribution in [3.63, 3.8) is 0 Å². The summed E-state index contributed by atoms with van der Waals surface area (Å²) in [5, 5.41) is 3.14. The predicted molar refractivity (Wildman–Crippen MR) is 88.6 cm³/mol. The van der Waals surface area contributed by atoms with Crippen molar-refractivity contribution >= 4 is 30.1 Å². The molecule has 0 unspecified atom stereocenters. The van der Waals surface area contributed by atoms with Gasteiger partial charge in [0.25, 0.3) is 0 Å². The lowest BCUT2D eigenvalue weighted by atomic mass is 9.81. The molecule has 0 bridgehead atoms. The molecular formula is C14H29ClN2O2S. The zero-order valence-electron chi connectivity index (χ0n) is 12.9. The molecule has 1 saturated heterocycles. The van der Waals surface area contributed by atoms with Gasteiger partial charge in [-0.1, -0.05) is 13.8 Å². The van der Waals surface area contributed by atoms with Crippen LogP contribution in [0.15, 0.2) is 0 Å². The zero-order chi connectivity index (χ0) is 14.4. The molecule has 0 aromatic heterocycles. The van der Waals surface area contributed by atoms with Gasteiger partial charge < -0.3 is 15.8 Å². The molecule has 120 valence electrons. The van der Waals surface area contributed by atoms with E-state index in [-0.39, 0.29) is 23.1 Å². The van der Waals surface area contributed by atoms with Crippen LogP contribution in [0.3, 0.4) is 0 Å². The normalized spacial score (nSPS) is 18.2. The summed E-state index contributed by atoms with van der Waals surface area (Å²) >= 11 is 1.84. The Morgan fingerprint density at radius 2 is 1.90 bits per heavy atom. The first-order valence-corrected chi connectivity index (χ1v) is 8.42. The molecule has 20 heavy (non-hydrogen) atoms. The molecule has 0 spiro atoms. The maximum absolute atomic E-state index is 12.4. The van der Waals surface area contributed by atoms with Gasteiger partial charge in [0, 0.05) is 31.1 Å². The van der Waals surface area contributed by atoms with Gasteiger partial charge in [-0.3, -0.25) is 4.79 Å². The number of rotatable bonds is 7. The van der Waals surface area contributed by atoms with Gasteiger partial charge in [-0.25, -0.2) is 0 Å². The molecule has 0 atom stereocenters. The van der Waals surface area contributed by atoms with E-state index in [1.54, 1.807) is 0 Å². The topological polar surface area (TPSA) is 64.4 Å². The minimum absolute atomic E-state index is 0. The third kappa shape index (κ3) is 4.52. The van der Waals surface area contributed by atoms with Gasteiger partial charge in [-0.2, -0.15) is 11.8 Å². The number of nitrogens with one attached hydrogen (secondary N) is 1. The highest BCUT2D eigenvalue weighted by Crippen LogP contribution is 2.33. The maximum Gasteiger partial charge on any atom is 0.227 e. The lowest BCUT2D eigenvalue weighted by molar-refractivity contribution is -0.131. The zero-order valence-corrected chi connectivity index (χ0v) is 14.5. The smallest absolute Gasteiger partial charge is 0.227 e. The Bertz CT molecular complexity index is 285. The van der Waals surface area contributed by atoms with E-state index < -0.39 is 5.41 Å². The van der Waals surface area contributed by atoms with Gasteiger partial charge in [-0.05, 0) is 31.9 Å². The number of carbonyl (C=O) groups excluding carboxylic acids is 1. The van der Waals surface area contributed by atoms with E-state index in [0.717, 1.165) is 45.4 Å². The molecule has 3 N–H and O–H groups in total. The molecule has 1 amide bonds. The lowest BCUT2D eigenvalue weighted by Crippen LogP contribution is -2.50. The summed E-state index contributed by atoms with van der Waals surface area (Å²) in [4.78, 5) is 12.4. The largest absolute Gasteiger partial charge is 0.381 e. The molecule has 0 aliphatic carbocycles. The van der Waals surface area contributed by atoms with Crippen molar-refractivity contribution in [2.24, 2.45) is 11.1 Å². The van der Waals surface area contributed by atoms with Crippen molar-refractivity contribution in [1.29, 1.82) is 0 Å². The van der Waals surface area contributed by atoms with E-state index in [1.165, 1.54) is 0 Å². The first-order valence-electron chi connectivity index (χ1n) is 7.19. The Morgan fingerprint density at radius 1 is 1.35 bits per heavy atom. The highest BCUT2D eigenvalue weighted by molar-refractivity contribution is 8.00. The standard InChI is InChI=1S/C14H28N2O2S.ClH/c1-4-13(5-2,10-15)12(17)16-11-14(19-3)6-8-18-9-7-14;/h4-11,15H2,1-3H3,(H,16,17);1H. The van der Waals surface area contributed by atoms with Crippen LogP contribution >= 0.6 is 24.2 Å². The third-order valence-electron chi connectivity index (χ3n) is 4.63. The van der Waals surface area contributed by atoms with Crippen LogP contribution in [0, 0.1) is 5.41 Å². The second-order valence-electron chi connectivity index (χ2n) is 5.37. The van der Waals surface area contributed by atoms with Crippen molar-refractivity contribution in [1.82, 2.24) is 5.32 Å². The summed E-state index contributed by atoms with van der Waals surface area (Å²) < 4.78 is 5.55. The van der Waals surface area contributed by atoms with E-state index >= 15 is 0 Å². The van der Waals surface area contributed by atoms with E-state index in [0.29, 0.717) is 6.54 Å². The highest BCUT2D eigenvalue weighted by atomic mass is 35.5. The van der Waals surface area contributed by atoms with Crippen molar-refractivity contribution in [3.05, 3.63) is 0 Å². The summed E-state index contributed by atoms with van der Waals surface area (Å²) in [5.41, 5.74) is 5.42. The molecule has 0 saturated carbocycles. The molecule has 0 aromatic carbocycles. The number of ether oxygens (including phenoxy) is 1. The predicted octanol–water partition coefficient (Wildman–Crippen LogP) is 2.20. The van der Waals surface area contributed by atoms with Crippen LogP contribution in [-0.2, 0) is 9.53 Å². The number of amides is 1. The van der Waals surface area contributed by atoms with Gasteiger partial charge in [0.05, 0.1) is 5.41 Å². The molecule has 6 heteroatoms. The average Bonchev–Trinajstić information content (AvgIpc) is 2.48. The third-order valence-corrected chi connectivity index (χ3v) is 6.05. The molecule has 1 aliphatic heterocycles. The van der Waals surface area contributed by atoms with E-state index in [1.807, 2.05) is 25.6 Å². The number of halogens is 1. The first-order chi connectivity index (χ1) is 9.08. The van der Waals surface area contributed by atoms with Gasteiger partial charge >= 0.3 is 0 Å². The SMILES string of the molecule is CCC(CC)(CN)C(=O)NCC1(SC)CCOCC1.Cl. The fourth-order valence-corrected chi connectivity index (χ4v) is 3.37. The van der Waals surface area contributed by atoms with Crippen LogP contribution in [0.4, 0.5) is 0 Å². The first kappa shape index (κ1) is 20.0. The van der Waals surface area contributed by atoms with E-state index in [2.05, 4.69) is 11.6 Å². The van der Waals surface area contributed by atoms with E-state index in [4.69, 9.17) is 10.5 Å². The minimum Gasteiger partial charge on any atom is -0.381 e. The van der Waals surface area contributed by atoms with Crippen LogP contribution in [0.2, 0.25) is 0 Å². The molecule has 4 nitrogen and oxygen atoms in total. The number of nitrogens with two attached hydrogens (primary N) is 1. The van der Waals surface area contributed by atoms with Gasteiger partial charge in [0.2, 0.25) is 5.91 Å². The minimum atomic E-state index is -0.398. The van der Waals surface area contributed by atoms with Crippen LogP contribution in [0.25, 0.3) is 0 Å². The summed E-state index contributed by atoms with van der Waals surface area (Å²) in [6, 6.07) is 0. The molecule has 1 aliphatic rings. The second-order valence-corrected chi connectivity index (χ2v) is 6.65. The Hall–Kier alpha value is 0.0300. The van der Waals surface area contributed by atoms with Crippen molar-refractivity contribution in [2.45, 2.75) is 44.3 Å². The Kier molecular flexibility index (Phi) is 9.14. The fraction of sp³-hybridized carbons (Fsp3) is 0.929. The molecular weight excluding hydrogens is 296 g/mol. The molecule has 1 fully saturated rings. The van der Waals surface area contributed by atoms with Crippen LogP contribution in [0.5, 0.6) is 0 Å².